The largest absolute Gasteiger partial charge is 0.436 e. The van der Waals surface area contributed by atoms with Gasteiger partial charge in [-0.2, -0.15) is 0 Å². The van der Waals surface area contributed by atoms with Crippen LogP contribution in [0.15, 0.2) is 27.4 Å². The van der Waals surface area contributed by atoms with Crippen LogP contribution >= 0.6 is 0 Å². The van der Waals surface area contributed by atoms with Crippen LogP contribution in [0.5, 0.6) is 0 Å². The summed E-state index contributed by atoms with van der Waals surface area (Å²) in [5.74, 6) is 1.03. The molecule has 2 aliphatic rings. The molecule has 1 fully saturated rings. The van der Waals surface area contributed by atoms with E-state index in [2.05, 4.69) is 15.2 Å². The number of hydrogen-bond acceptors (Lipinski definition) is 6. The molecule has 0 saturated carbocycles. The minimum atomic E-state index is -0.289. The van der Waals surface area contributed by atoms with E-state index in [-0.39, 0.29) is 29.2 Å². The standard InChI is InChI=1S/C21H28N4O4/c1-13-20(29-14(2)23-13)21(27)22-10-18-16-9-15(11-24(12-16)7-8-28-3)17-5-4-6-19(26)25(17)18/h4-6,15-16,18H,7-12H2,1-3H3,(H,22,27)/t15-,16+,18+/m1/s1. The van der Waals surface area contributed by atoms with Crippen molar-refractivity contribution in [2.24, 2.45) is 5.92 Å². The molecule has 8 heteroatoms. The number of ether oxygens (including phenoxy) is 1. The Hall–Kier alpha value is -2.45. The Labute approximate surface area is 169 Å². The summed E-state index contributed by atoms with van der Waals surface area (Å²) >= 11 is 0. The molecule has 8 nitrogen and oxygen atoms in total. The quantitative estimate of drug-likeness (QED) is 0.790. The molecule has 156 valence electrons. The number of nitrogens with zero attached hydrogens (tertiary/aromatic N) is 3. The number of amides is 1. The summed E-state index contributed by atoms with van der Waals surface area (Å²) in [5, 5.41) is 2.98. The zero-order valence-electron chi connectivity index (χ0n) is 17.2. The van der Waals surface area contributed by atoms with Crippen LogP contribution in [0.3, 0.4) is 0 Å². The third kappa shape index (κ3) is 3.86. The fourth-order valence-corrected chi connectivity index (χ4v) is 4.82. The summed E-state index contributed by atoms with van der Waals surface area (Å²) in [6, 6.07) is 5.39. The first-order valence-electron chi connectivity index (χ1n) is 10.1. The van der Waals surface area contributed by atoms with Crippen LogP contribution in [0.1, 0.15) is 46.2 Å². The van der Waals surface area contributed by atoms with Gasteiger partial charge < -0.3 is 23.9 Å². The molecule has 29 heavy (non-hydrogen) atoms. The molecule has 3 atom stereocenters. The van der Waals surface area contributed by atoms with Crippen molar-refractivity contribution in [2.75, 3.05) is 39.9 Å². The number of pyridine rings is 1. The predicted molar refractivity (Wildman–Crippen MR) is 107 cm³/mol. The molecular weight excluding hydrogens is 372 g/mol. The Bertz CT molecular complexity index is 950. The molecule has 4 rings (SSSR count). The second-order valence-electron chi connectivity index (χ2n) is 8.03. The SMILES string of the molecule is COCCN1C[C@H]2C[C@@H](C1)[C@H](CNC(=O)c1oc(C)nc1C)n1c2cccc1=O. The zero-order chi connectivity index (χ0) is 20.5. The number of fused-ring (bicyclic) bond motifs is 4. The van der Waals surface area contributed by atoms with Crippen LogP contribution in [-0.2, 0) is 4.74 Å². The van der Waals surface area contributed by atoms with E-state index in [1.807, 2.05) is 16.7 Å². The second kappa shape index (κ2) is 8.12. The molecule has 4 heterocycles. The van der Waals surface area contributed by atoms with Crippen LogP contribution in [0, 0.1) is 19.8 Å². The molecule has 2 bridgehead atoms. The van der Waals surface area contributed by atoms with Crippen molar-refractivity contribution in [1.29, 1.82) is 0 Å². The first-order valence-corrected chi connectivity index (χ1v) is 10.1. The van der Waals surface area contributed by atoms with Gasteiger partial charge in [0.15, 0.2) is 5.89 Å². The van der Waals surface area contributed by atoms with Crippen molar-refractivity contribution in [3.05, 3.63) is 51.6 Å². The molecule has 2 aromatic heterocycles. The van der Waals surface area contributed by atoms with Gasteiger partial charge in [-0.25, -0.2) is 4.98 Å². The number of nitrogens with one attached hydrogen (secondary N) is 1. The highest BCUT2D eigenvalue weighted by atomic mass is 16.5. The maximum atomic E-state index is 12.7. The average molecular weight is 400 g/mol. The lowest BCUT2D eigenvalue weighted by Gasteiger charge is -2.47. The van der Waals surface area contributed by atoms with Crippen molar-refractivity contribution in [2.45, 2.75) is 32.2 Å². The van der Waals surface area contributed by atoms with E-state index < -0.39 is 0 Å². The van der Waals surface area contributed by atoms with Gasteiger partial charge in [-0.05, 0) is 25.3 Å². The Morgan fingerprint density at radius 3 is 2.90 bits per heavy atom. The van der Waals surface area contributed by atoms with Gasteiger partial charge in [-0.15, -0.1) is 0 Å². The highest BCUT2D eigenvalue weighted by molar-refractivity contribution is 5.92. The zero-order valence-corrected chi connectivity index (χ0v) is 17.2. The van der Waals surface area contributed by atoms with Crippen LogP contribution in [0.4, 0.5) is 0 Å². The van der Waals surface area contributed by atoms with Gasteiger partial charge in [0.2, 0.25) is 5.76 Å². The minimum Gasteiger partial charge on any atom is -0.436 e. The lowest BCUT2D eigenvalue weighted by Crippen LogP contribution is -2.52. The number of hydrogen-bond donors (Lipinski definition) is 1. The Morgan fingerprint density at radius 1 is 1.34 bits per heavy atom. The molecule has 1 amide bonds. The molecule has 0 radical (unpaired) electrons. The van der Waals surface area contributed by atoms with Crippen molar-refractivity contribution < 1.29 is 13.9 Å². The van der Waals surface area contributed by atoms with Crippen molar-refractivity contribution in [3.8, 4) is 0 Å². The van der Waals surface area contributed by atoms with Gasteiger partial charge in [0.1, 0.15) is 0 Å². The van der Waals surface area contributed by atoms with E-state index in [9.17, 15) is 9.59 Å². The number of aryl methyl sites for hydroxylation is 2. The molecule has 2 aliphatic heterocycles. The Morgan fingerprint density at radius 2 is 2.17 bits per heavy atom. The molecule has 2 aromatic rings. The summed E-state index contributed by atoms with van der Waals surface area (Å²) in [6.45, 7) is 7.23. The first-order chi connectivity index (χ1) is 14.0. The predicted octanol–water partition coefficient (Wildman–Crippen LogP) is 1.49. The van der Waals surface area contributed by atoms with Crippen LogP contribution in [0.25, 0.3) is 0 Å². The van der Waals surface area contributed by atoms with E-state index in [0.717, 1.165) is 31.7 Å². The lowest BCUT2D eigenvalue weighted by atomic mass is 9.78. The Kier molecular flexibility index (Phi) is 5.56. The average Bonchev–Trinajstić information content (AvgIpc) is 3.04. The van der Waals surface area contributed by atoms with E-state index in [1.165, 1.54) is 0 Å². The number of oxazole rings is 1. The van der Waals surface area contributed by atoms with Crippen molar-refractivity contribution in [1.82, 2.24) is 19.8 Å². The van der Waals surface area contributed by atoms with Crippen LogP contribution in [0.2, 0.25) is 0 Å². The fourth-order valence-electron chi connectivity index (χ4n) is 4.82. The summed E-state index contributed by atoms with van der Waals surface area (Å²) in [4.78, 5) is 31.9. The third-order valence-corrected chi connectivity index (χ3v) is 6.07. The highest BCUT2D eigenvalue weighted by Crippen LogP contribution is 2.40. The third-order valence-electron chi connectivity index (χ3n) is 6.07. The van der Waals surface area contributed by atoms with Crippen LogP contribution < -0.4 is 10.9 Å². The van der Waals surface area contributed by atoms with Gasteiger partial charge in [0.05, 0.1) is 18.3 Å². The number of methoxy groups -OCH3 is 1. The van der Waals surface area contributed by atoms with E-state index in [1.54, 1.807) is 27.0 Å². The minimum absolute atomic E-state index is 0.00604. The highest BCUT2D eigenvalue weighted by Gasteiger charge is 2.40. The smallest absolute Gasteiger partial charge is 0.289 e. The van der Waals surface area contributed by atoms with Gasteiger partial charge >= 0.3 is 0 Å². The normalized spacial score (nSPS) is 23.6. The first kappa shape index (κ1) is 19.8. The van der Waals surface area contributed by atoms with Crippen LogP contribution in [-0.4, -0.2) is 60.3 Å². The maximum absolute atomic E-state index is 12.7. The number of rotatable bonds is 6. The summed E-state index contributed by atoms with van der Waals surface area (Å²) in [5.41, 5.74) is 1.62. The van der Waals surface area contributed by atoms with Crippen molar-refractivity contribution in [3.63, 3.8) is 0 Å². The molecule has 1 saturated heterocycles. The molecule has 0 spiro atoms. The number of likely N-dealkylation sites (tertiary alicyclic amines) is 1. The number of piperidine rings is 1. The van der Waals surface area contributed by atoms with E-state index >= 15 is 0 Å². The molecule has 0 unspecified atom stereocenters. The van der Waals surface area contributed by atoms with Gasteiger partial charge in [-0.3, -0.25) is 9.59 Å². The van der Waals surface area contributed by atoms with E-state index in [0.29, 0.717) is 30.7 Å². The summed E-state index contributed by atoms with van der Waals surface area (Å²) in [7, 11) is 1.71. The molecule has 1 N–H and O–H groups in total. The van der Waals surface area contributed by atoms with E-state index in [4.69, 9.17) is 9.15 Å². The van der Waals surface area contributed by atoms with Gasteiger partial charge in [-0.1, -0.05) is 6.07 Å². The second-order valence-corrected chi connectivity index (χ2v) is 8.03. The van der Waals surface area contributed by atoms with Gasteiger partial charge in [0, 0.05) is 57.9 Å². The number of aromatic nitrogens is 2. The monoisotopic (exact) mass is 400 g/mol. The summed E-state index contributed by atoms with van der Waals surface area (Å²) < 4.78 is 12.6. The number of carbonyl (C=O) groups excluding carboxylic acids is 1. The topological polar surface area (TPSA) is 89.6 Å². The summed E-state index contributed by atoms with van der Waals surface area (Å²) in [6.07, 6.45) is 1.02. The number of carbonyl (C=O) groups is 1. The maximum Gasteiger partial charge on any atom is 0.289 e. The van der Waals surface area contributed by atoms with Crippen molar-refractivity contribution >= 4 is 5.91 Å². The molecule has 0 aliphatic carbocycles. The Balaban J connectivity index is 1.58. The molecule has 0 aromatic carbocycles. The fraction of sp³-hybridized carbons (Fsp3) is 0.571. The van der Waals surface area contributed by atoms with Gasteiger partial charge in [0.25, 0.3) is 11.5 Å². The lowest BCUT2D eigenvalue weighted by molar-refractivity contribution is 0.0647. The molecular formula is C21H28N4O4.